The molecule has 0 unspecified atom stereocenters. The van der Waals surface area contributed by atoms with Gasteiger partial charge in [-0.15, -0.1) is 0 Å². The number of nitrogens with zero attached hydrogens (tertiary/aromatic N) is 2. The monoisotopic (exact) mass is 438 g/mol. The van der Waals surface area contributed by atoms with Crippen molar-refractivity contribution < 1.29 is 17.8 Å². The molecule has 1 heterocycles. The number of ketones is 1. The number of aromatic nitrogens is 2. The van der Waals surface area contributed by atoms with E-state index in [1.54, 1.807) is 39.1 Å². The molecule has 3 aromatic rings. The van der Waals surface area contributed by atoms with Crippen LogP contribution in [-0.2, 0) is 17.2 Å². The van der Waals surface area contributed by atoms with Gasteiger partial charge in [0.15, 0.2) is 5.78 Å². The maximum atomic E-state index is 13.3. The highest BCUT2D eigenvalue weighted by Crippen LogP contribution is 2.35. The molecule has 1 N–H and O–H groups in total. The van der Waals surface area contributed by atoms with Crippen molar-refractivity contribution in [2.45, 2.75) is 18.7 Å². The van der Waals surface area contributed by atoms with Gasteiger partial charge in [0.05, 0.1) is 22.0 Å². The van der Waals surface area contributed by atoms with Gasteiger partial charge >= 0.3 is 0 Å². The molecule has 146 valence electrons. The molecule has 1 aromatic heterocycles. The summed E-state index contributed by atoms with van der Waals surface area (Å²) in [5, 5.41) is 4.84. The third-order valence-corrected chi connectivity index (χ3v) is 5.96. The van der Waals surface area contributed by atoms with E-state index in [0.717, 1.165) is 0 Å². The van der Waals surface area contributed by atoms with Crippen molar-refractivity contribution in [2.24, 2.45) is 7.05 Å². The average molecular weight is 439 g/mol. The molecular formula is C19H16Cl2N2O4S. The number of rotatable bonds is 4. The molecule has 0 spiro atoms. The molecule has 0 amide bonds. The highest BCUT2D eigenvalue weighted by Gasteiger charge is 2.28. The topological polar surface area (TPSA) is 89.3 Å². The standard InChI is InChI=1S/C19H16Cl2N2O4S/c1-10-5-4-6-14(19(10)28(25,26)27)17-16(11(2)22-23(17)3)18(24)13-8-7-12(20)9-15(13)21/h4-9H,1-3H3,(H,25,26,27). The number of hydrogen-bond donors (Lipinski definition) is 1. The fourth-order valence-electron chi connectivity index (χ4n) is 3.23. The van der Waals surface area contributed by atoms with Crippen molar-refractivity contribution in [3.8, 4) is 11.3 Å². The Kier molecular flexibility index (Phi) is 5.38. The Bertz CT molecular complexity index is 1220. The molecule has 9 heteroatoms. The molecule has 2 aromatic carbocycles. The van der Waals surface area contributed by atoms with E-state index in [1.165, 1.54) is 22.9 Å². The lowest BCUT2D eigenvalue weighted by Crippen LogP contribution is -2.09. The minimum absolute atomic E-state index is 0.172. The van der Waals surface area contributed by atoms with Crippen LogP contribution >= 0.6 is 23.2 Å². The minimum atomic E-state index is -4.54. The zero-order chi connectivity index (χ0) is 20.8. The molecule has 0 aliphatic carbocycles. The van der Waals surface area contributed by atoms with Gasteiger partial charge in [-0.05, 0) is 37.6 Å². The molecule has 0 fully saturated rings. The second-order valence-electron chi connectivity index (χ2n) is 6.31. The Morgan fingerprint density at radius 2 is 1.82 bits per heavy atom. The van der Waals surface area contributed by atoms with E-state index < -0.39 is 15.9 Å². The summed E-state index contributed by atoms with van der Waals surface area (Å²) in [6.45, 7) is 3.21. The van der Waals surface area contributed by atoms with Gasteiger partial charge in [-0.1, -0.05) is 41.4 Å². The van der Waals surface area contributed by atoms with Gasteiger partial charge in [0.1, 0.15) is 4.90 Å². The quantitative estimate of drug-likeness (QED) is 0.478. The highest BCUT2D eigenvalue weighted by atomic mass is 35.5. The number of hydrogen-bond acceptors (Lipinski definition) is 4. The molecule has 0 atom stereocenters. The Morgan fingerprint density at radius 3 is 2.43 bits per heavy atom. The molecule has 0 aliphatic heterocycles. The van der Waals surface area contributed by atoms with E-state index in [1.807, 2.05) is 0 Å². The Hall–Kier alpha value is -2.19. The van der Waals surface area contributed by atoms with Gasteiger partial charge in [0.25, 0.3) is 10.1 Å². The Labute approximate surface area is 172 Å². The summed E-state index contributed by atoms with van der Waals surface area (Å²) in [5.41, 5.74) is 1.61. The van der Waals surface area contributed by atoms with Crippen molar-refractivity contribution in [3.63, 3.8) is 0 Å². The second-order valence-corrected chi connectivity index (χ2v) is 8.51. The van der Waals surface area contributed by atoms with E-state index in [-0.39, 0.29) is 32.3 Å². The fourth-order valence-corrected chi connectivity index (χ4v) is 4.64. The number of halogens is 2. The van der Waals surface area contributed by atoms with E-state index in [0.29, 0.717) is 16.3 Å². The first-order valence-electron chi connectivity index (χ1n) is 8.13. The Balaban J connectivity index is 2.33. The number of carbonyl (C=O) groups is 1. The summed E-state index contributed by atoms with van der Waals surface area (Å²) in [5.74, 6) is -0.426. The predicted molar refractivity (Wildman–Crippen MR) is 108 cm³/mol. The van der Waals surface area contributed by atoms with E-state index >= 15 is 0 Å². The molecule has 0 bridgehead atoms. The van der Waals surface area contributed by atoms with Crippen LogP contribution in [0, 0.1) is 13.8 Å². The van der Waals surface area contributed by atoms with Crippen molar-refractivity contribution in [1.82, 2.24) is 9.78 Å². The maximum Gasteiger partial charge on any atom is 0.295 e. The molecule has 0 saturated carbocycles. The van der Waals surface area contributed by atoms with Crippen LogP contribution in [0.25, 0.3) is 11.3 Å². The van der Waals surface area contributed by atoms with Crippen molar-refractivity contribution in [2.75, 3.05) is 0 Å². The first kappa shape index (κ1) is 20.5. The number of carbonyl (C=O) groups excluding carboxylic acids is 1. The third kappa shape index (κ3) is 3.58. The first-order chi connectivity index (χ1) is 13.0. The van der Waals surface area contributed by atoms with Crippen LogP contribution in [0.4, 0.5) is 0 Å². The van der Waals surface area contributed by atoms with Gasteiger partial charge < -0.3 is 0 Å². The molecule has 0 aliphatic rings. The normalized spacial score (nSPS) is 11.6. The van der Waals surface area contributed by atoms with Crippen LogP contribution < -0.4 is 0 Å². The van der Waals surface area contributed by atoms with Crippen molar-refractivity contribution in [3.05, 3.63) is 68.8 Å². The molecule has 0 saturated heterocycles. The second kappa shape index (κ2) is 7.33. The smallest absolute Gasteiger partial charge is 0.288 e. The van der Waals surface area contributed by atoms with Gasteiger partial charge in [-0.2, -0.15) is 13.5 Å². The molecule has 3 rings (SSSR count). The van der Waals surface area contributed by atoms with Gasteiger partial charge in [-0.25, -0.2) is 0 Å². The maximum absolute atomic E-state index is 13.3. The summed E-state index contributed by atoms with van der Waals surface area (Å²) >= 11 is 12.1. The van der Waals surface area contributed by atoms with Crippen LogP contribution in [0.1, 0.15) is 27.2 Å². The molecule has 6 nitrogen and oxygen atoms in total. The summed E-state index contributed by atoms with van der Waals surface area (Å²) in [7, 11) is -2.94. The molecular weight excluding hydrogens is 423 g/mol. The Morgan fingerprint density at radius 1 is 1.14 bits per heavy atom. The lowest BCUT2D eigenvalue weighted by atomic mass is 9.97. The van der Waals surface area contributed by atoms with E-state index in [2.05, 4.69) is 5.10 Å². The van der Waals surface area contributed by atoms with Crippen LogP contribution in [-0.4, -0.2) is 28.5 Å². The largest absolute Gasteiger partial charge is 0.295 e. The number of benzene rings is 2. The lowest BCUT2D eigenvalue weighted by Gasteiger charge is -2.13. The summed E-state index contributed by atoms with van der Waals surface area (Å²) in [6.07, 6.45) is 0. The lowest BCUT2D eigenvalue weighted by molar-refractivity contribution is 0.103. The van der Waals surface area contributed by atoms with Crippen LogP contribution in [0.15, 0.2) is 41.3 Å². The van der Waals surface area contributed by atoms with Crippen LogP contribution in [0.5, 0.6) is 0 Å². The molecule has 0 radical (unpaired) electrons. The average Bonchev–Trinajstić information content (AvgIpc) is 2.86. The zero-order valence-electron chi connectivity index (χ0n) is 15.2. The third-order valence-electron chi connectivity index (χ3n) is 4.35. The van der Waals surface area contributed by atoms with E-state index in [4.69, 9.17) is 23.2 Å². The summed E-state index contributed by atoms with van der Waals surface area (Å²) < 4.78 is 35.2. The fraction of sp³-hybridized carbons (Fsp3) is 0.158. The van der Waals surface area contributed by atoms with Gasteiger partial charge in [-0.3, -0.25) is 14.0 Å². The summed E-state index contributed by atoms with van der Waals surface area (Å²) in [6, 6.07) is 9.23. The first-order valence-corrected chi connectivity index (χ1v) is 10.3. The minimum Gasteiger partial charge on any atom is -0.288 e. The molecule has 28 heavy (non-hydrogen) atoms. The van der Waals surface area contributed by atoms with E-state index in [9.17, 15) is 17.8 Å². The predicted octanol–water partition coefficient (Wildman–Crippen LogP) is 4.49. The van der Waals surface area contributed by atoms with Crippen molar-refractivity contribution >= 4 is 39.1 Å². The zero-order valence-corrected chi connectivity index (χ0v) is 17.5. The van der Waals surface area contributed by atoms with Gasteiger partial charge in [0, 0.05) is 23.2 Å². The van der Waals surface area contributed by atoms with Crippen LogP contribution in [0.3, 0.4) is 0 Å². The van der Waals surface area contributed by atoms with Crippen molar-refractivity contribution in [1.29, 1.82) is 0 Å². The SMILES string of the molecule is Cc1cccc(-c2c(C(=O)c3ccc(Cl)cc3Cl)c(C)nn2C)c1S(=O)(=O)O. The van der Waals surface area contributed by atoms with Crippen LogP contribution in [0.2, 0.25) is 10.0 Å². The highest BCUT2D eigenvalue weighted by molar-refractivity contribution is 7.86. The van der Waals surface area contributed by atoms with Gasteiger partial charge in [0.2, 0.25) is 0 Å². The number of aryl methyl sites for hydroxylation is 3. The summed E-state index contributed by atoms with van der Waals surface area (Å²) in [4.78, 5) is 13.0.